The van der Waals surface area contributed by atoms with E-state index in [9.17, 15) is 0 Å². The highest BCUT2D eigenvalue weighted by atomic mass is 16.3. The van der Waals surface area contributed by atoms with Crippen LogP contribution in [-0.2, 0) is 11.8 Å². The van der Waals surface area contributed by atoms with Gasteiger partial charge in [-0.15, -0.1) is 0 Å². The van der Waals surface area contributed by atoms with Gasteiger partial charge in [-0.05, 0) is 17.2 Å². The van der Waals surface area contributed by atoms with E-state index in [1.807, 2.05) is 18.3 Å². The Labute approximate surface area is 150 Å². The van der Waals surface area contributed by atoms with Crippen molar-refractivity contribution >= 4 is 6.08 Å². The Bertz CT molecular complexity index is 1010. The van der Waals surface area contributed by atoms with E-state index < -0.39 is 0 Å². The minimum absolute atomic E-state index is 0.282. The molecule has 1 unspecified atom stereocenters. The maximum atomic E-state index is 5.11. The Morgan fingerprint density at radius 1 is 1.04 bits per heavy atom. The summed E-state index contributed by atoms with van der Waals surface area (Å²) >= 11 is 0. The van der Waals surface area contributed by atoms with Gasteiger partial charge in [0.2, 0.25) is 0 Å². The molecule has 0 bridgehead atoms. The second-order valence-electron chi connectivity index (χ2n) is 6.43. The fraction of sp³-hybridized carbons (Fsp3) is 0.0952. The van der Waals surface area contributed by atoms with Crippen LogP contribution in [0.25, 0.3) is 17.5 Å². The number of nitrogens with zero attached hydrogens (tertiary/aromatic N) is 3. The predicted octanol–water partition coefficient (Wildman–Crippen LogP) is 4.02. The number of aromatic nitrogens is 4. The maximum Gasteiger partial charge on any atom is 0.181 e. The standard InChI is InChI=1S/C21H16N4O/c1-2-5-15(6-3-1)21(16-7-4-10-22-12-16)9-8-17-18(11-21)24-25-20(17)19-13-26-14-23-19/h1-10,12-14H,11H2,(H,24,25). The summed E-state index contributed by atoms with van der Waals surface area (Å²) in [5.41, 5.74) is 5.81. The van der Waals surface area contributed by atoms with Crippen molar-refractivity contribution in [3.8, 4) is 11.4 Å². The first kappa shape index (κ1) is 14.8. The van der Waals surface area contributed by atoms with Gasteiger partial charge < -0.3 is 4.42 Å². The second kappa shape index (κ2) is 5.81. The van der Waals surface area contributed by atoms with Gasteiger partial charge in [-0.1, -0.05) is 48.6 Å². The smallest absolute Gasteiger partial charge is 0.181 e. The first-order chi connectivity index (χ1) is 12.9. The minimum atomic E-state index is -0.282. The first-order valence-corrected chi connectivity index (χ1v) is 8.48. The number of oxazole rings is 1. The molecule has 1 aliphatic carbocycles. The van der Waals surface area contributed by atoms with Crippen LogP contribution in [0.5, 0.6) is 0 Å². The van der Waals surface area contributed by atoms with Crippen molar-refractivity contribution < 1.29 is 4.42 Å². The fourth-order valence-corrected chi connectivity index (χ4v) is 3.71. The van der Waals surface area contributed by atoms with Crippen molar-refractivity contribution in [2.24, 2.45) is 0 Å². The normalized spacial score (nSPS) is 18.6. The minimum Gasteiger partial charge on any atom is -0.451 e. The average Bonchev–Trinajstić information content (AvgIpc) is 3.38. The zero-order valence-electron chi connectivity index (χ0n) is 14.0. The van der Waals surface area contributed by atoms with Gasteiger partial charge in [-0.2, -0.15) is 5.10 Å². The quantitative estimate of drug-likeness (QED) is 0.612. The zero-order valence-corrected chi connectivity index (χ0v) is 14.0. The van der Waals surface area contributed by atoms with Gasteiger partial charge in [0.05, 0.1) is 0 Å². The largest absolute Gasteiger partial charge is 0.451 e. The number of hydrogen-bond donors (Lipinski definition) is 1. The molecule has 5 heteroatoms. The molecule has 0 saturated heterocycles. The summed E-state index contributed by atoms with van der Waals surface area (Å²) in [7, 11) is 0. The molecular formula is C21H16N4O. The monoisotopic (exact) mass is 340 g/mol. The first-order valence-electron chi connectivity index (χ1n) is 8.48. The summed E-state index contributed by atoms with van der Waals surface area (Å²) < 4.78 is 5.11. The van der Waals surface area contributed by atoms with Crippen molar-refractivity contribution in [3.05, 3.63) is 96.0 Å². The number of benzene rings is 1. The molecule has 0 amide bonds. The molecule has 3 aromatic heterocycles. The Hall–Kier alpha value is -3.47. The summed E-state index contributed by atoms with van der Waals surface area (Å²) in [5, 5.41) is 7.68. The second-order valence-corrected chi connectivity index (χ2v) is 6.43. The highest BCUT2D eigenvalue weighted by molar-refractivity contribution is 5.74. The summed E-state index contributed by atoms with van der Waals surface area (Å²) in [6.45, 7) is 0. The van der Waals surface area contributed by atoms with Crippen LogP contribution in [0.15, 0.2) is 78.0 Å². The van der Waals surface area contributed by atoms with E-state index in [2.05, 4.69) is 62.6 Å². The highest BCUT2D eigenvalue weighted by Crippen LogP contribution is 2.42. The van der Waals surface area contributed by atoms with Crippen molar-refractivity contribution in [1.29, 1.82) is 0 Å². The van der Waals surface area contributed by atoms with Crippen LogP contribution in [0.3, 0.4) is 0 Å². The Morgan fingerprint density at radius 3 is 2.69 bits per heavy atom. The molecule has 126 valence electrons. The van der Waals surface area contributed by atoms with E-state index in [0.717, 1.165) is 34.6 Å². The van der Waals surface area contributed by atoms with Crippen LogP contribution in [0, 0.1) is 0 Å². The van der Waals surface area contributed by atoms with Crippen LogP contribution in [0.4, 0.5) is 0 Å². The molecule has 4 aromatic rings. The predicted molar refractivity (Wildman–Crippen MR) is 98.3 cm³/mol. The molecular weight excluding hydrogens is 324 g/mol. The summed E-state index contributed by atoms with van der Waals surface area (Å²) in [6, 6.07) is 14.6. The lowest BCUT2D eigenvalue weighted by Gasteiger charge is -2.34. The molecule has 0 aliphatic heterocycles. The van der Waals surface area contributed by atoms with Gasteiger partial charge in [-0.3, -0.25) is 10.1 Å². The number of rotatable bonds is 3. The summed E-state index contributed by atoms with van der Waals surface area (Å²) in [4.78, 5) is 8.58. The molecule has 26 heavy (non-hydrogen) atoms. The SMILES string of the molecule is C1=CC(c2ccccc2)(c2cccnc2)Cc2[nH]nc(-c3cocn3)c21. The molecule has 1 aliphatic rings. The Balaban J connectivity index is 1.67. The third-order valence-electron chi connectivity index (χ3n) is 5.01. The van der Waals surface area contributed by atoms with Crippen molar-refractivity contribution in [2.75, 3.05) is 0 Å². The van der Waals surface area contributed by atoms with Gasteiger partial charge in [0, 0.05) is 35.5 Å². The van der Waals surface area contributed by atoms with Crippen molar-refractivity contribution in [1.82, 2.24) is 20.2 Å². The zero-order chi connectivity index (χ0) is 17.4. The Morgan fingerprint density at radius 2 is 1.92 bits per heavy atom. The third-order valence-corrected chi connectivity index (χ3v) is 5.01. The number of nitrogens with one attached hydrogen (secondary N) is 1. The molecule has 1 atom stereocenters. The van der Waals surface area contributed by atoms with Crippen molar-refractivity contribution in [2.45, 2.75) is 11.8 Å². The summed E-state index contributed by atoms with van der Waals surface area (Å²) in [5.74, 6) is 0. The average molecular weight is 340 g/mol. The lowest BCUT2D eigenvalue weighted by Crippen LogP contribution is -2.30. The number of H-pyrrole nitrogens is 1. The molecule has 0 fully saturated rings. The fourth-order valence-electron chi connectivity index (χ4n) is 3.71. The van der Waals surface area contributed by atoms with Crippen LogP contribution < -0.4 is 0 Å². The molecule has 5 rings (SSSR count). The molecule has 0 spiro atoms. The number of allylic oxidation sites excluding steroid dienone is 1. The third kappa shape index (κ3) is 2.21. The molecule has 0 saturated carbocycles. The summed E-state index contributed by atoms with van der Waals surface area (Å²) in [6.07, 6.45) is 11.9. The maximum absolute atomic E-state index is 5.11. The molecule has 3 heterocycles. The Kier molecular flexibility index (Phi) is 3.31. The number of pyridine rings is 1. The lowest BCUT2D eigenvalue weighted by molar-refractivity contribution is 0.558. The van der Waals surface area contributed by atoms with E-state index in [-0.39, 0.29) is 5.41 Å². The van der Waals surface area contributed by atoms with Crippen LogP contribution in [0.1, 0.15) is 22.4 Å². The highest BCUT2D eigenvalue weighted by Gasteiger charge is 2.36. The lowest BCUT2D eigenvalue weighted by atomic mass is 9.69. The molecule has 1 N–H and O–H groups in total. The van der Waals surface area contributed by atoms with Gasteiger partial charge in [-0.25, -0.2) is 4.98 Å². The molecule has 1 aromatic carbocycles. The topological polar surface area (TPSA) is 67.6 Å². The van der Waals surface area contributed by atoms with E-state index in [0.29, 0.717) is 0 Å². The van der Waals surface area contributed by atoms with Gasteiger partial charge in [0.15, 0.2) is 6.39 Å². The van der Waals surface area contributed by atoms with Crippen LogP contribution >= 0.6 is 0 Å². The number of aromatic amines is 1. The number of hydrogen-bond acceptors (Lipinski definition) is 4. The van der Waals surface area contributed by atoms with E-state index in [4.69, 9.17) is 4.42 Å². The van der Waals surface area contributed by atoms with E-state index in [1.165, 1.54) is 12.0 Å². The van der Waals surface area contributed by atoms with E-state index >= 15 is 0 Å². The molecule has 5 nitrogen and oxygen atoms in total. The van der Waals surface area contributed by atoms with Crippen LogP contribution in [0.2, 0.25) is 0 Å². The van der Waals surface area contributed by atoms with Crippen molar-refractivity contribution in [3.63, 3.8) is 0 Å². The van der Waals surface area contributed by atoms with Gasteiger partial charge >= 0.3 is 0 Å². The van der Waals surface area contributed by atoms with Gasteiger partial charge in [0.25, 0.3) is 0 Å². The van der Waals surface area contributed by atoms with Crippen LogP contribution in [-0.4, -0.2) is 20.2 Å². The van der Waals surface area contributed by atoms with E-state index in [1.54, 1.807) is 12.5 Å². The van der Waals surface area contributed by atoms with Gasteiger partial charge in [0.1, 0.15) is 17.7 Å². The molecule has 0 radical (unpaired) electrons. The number of fused-ring (bicyclic) bond motifs is 1.